The first-order chi connectivity index (χ1) is 18.4. The van der Waals surface area contributed by atoms with Crippen LogP contribution in [0.4, 0.5) is 9.18 Å². The molecule has 2 aliphatic rings. The van der Waals surface area contributed by atoms with Gasteiger partial charge in [-0.3, -0.25) is 9.69 Å². The van der Waals surface area contributed by atoms with E-state index in [0.29, 0.717) is 35.4 Å². The van der Waals surface area contributed by atoms with Gasteiger partial charge in [-0.25, -0.2) is 9.18 Å². The maximum atomic E-state index is 14.3. The number of ether oxygens (including phenoxy) is 4. The molecule has 212 valence electrons. The molecule has 1 N–H and O–H groups in total. The van der Waals surface area contributed by atoms with Gasteiger partial charge in [-0.05, 0) is 105 Å². The topological polar surface area (TPSA) is 94.5 Å². The molecule has 8 nitrogen and oxygen atoms in total. The first-order valence-corrected chi connectivity index (χ1v) is 13.9. The monoisotopic (exact) mass is 607 g/mol. The van der Waals surface area contributed by atoms with Gasteiger partial charge in [-0.1, -0.05) is 0 Å². The van der Waals surface area contributed by atoms with E-state index in [9.17, 15) is 19.1 Å². The van der Waals surface area contributed by atoms with Gasteiger partial charge in [-0.2, -0.15) is 0 Å². The van der Waals surface area contributed by atoms with Crippen LogP contribution in [0, 0.1) is 5.82 Å². The summed E-state index contributed by atoms with van der Waals surface area (Å²) in [6.07, 6.45) is 2.45. The van der Waals surface area contributed by atoms with Gasteiger partial charge >= 0.3 is 12.1 Å². The average molecular weight is 609 g/mol. The van der Waals surface area contributed by atoms with Gasteiger partial charge in [0, 0.05) is 19.2 Å². The summed E-state index contributed by atoms with van der Waals surface area (Å²) in [7, 11) is 0. The average Bonchev–Trinajstić information content (AvgIpc) is 2.84. The molecule has 2 aromatic carbocycles. The highest BCUT2D eigenvalue weighted by atomic mass is 79.9. The summed E-state index contributed by atoms with van der Waals surface area (Å²) in [5, 5.41) is 9.84. The van der Waals surface area contributed by atoms with Gasteiger partial charge < -0.3 is 24.1 Å². The van der Waals surface area contributed by atoms with E-state index < -0.39 is 29.0 Å². The normalized spacial score (nSPS) is 21.2. The molecule has 0 aromatic heterocycles. The van der Waals surface area contributed by atoms with Crippen molar-refractivity contribution < 1.29 is 38.0 Å². The molecule has 39 heavy (non-hydrogen) atoms. The fourth-order valence-electron chi connectivity index (χ4n) is 5.01. The Kier molecular flexibility index (Phi) is 8.75. The largest absolute Gasteiger partial charge is 0.487 e. The van der Waals surface area contributed by atoms with Crippen LogP contribution in [0.25, 0.3) is 0 Å². The number of aliphatic carboxylic acids is 1. The molecule has 1 unspecified atom stereocenters. The summed E-state index contributed by atoms with van der Waals surface area (Å²) in [5.41, 5.74) is -0.529. The zero-order valence-electron chi connectivity index (χ0n) is 22.7. The van der Waals surface area contributed by atoms with Crippen LogP contribution in [0.2, 0.25) is 0 Å². The number of carboxylic acids is 1. The lowest BCUT2D eigenvalue weighted by Gasteiger charge is -2.45. The van der Waals surface area contributed by atoms with Gasteiger partial charge in [0.25, 0.3) is 0 Å². The molecule has 1 fully saturated rings. The standard InChI is InChI=1S/C29H35BrFNO7/c1-28(2,3)39-27(35)32-11-10-18-13-24(37-17-20-7-5-6-12-36-20)25(15-21(18)29(32,4)16-26(33)34)38-19-8-9-22(30)23(31)14-19/h8-9,13-15,20H,5-7,10-12,16-17H2,1-4H3,(H,33,34)/t20?,29-/m1/s1. The number of carbonyl (C=O) groups is 2. The van der Waals surface area contributed by atoms with Crippen molar-refractivity contribution in [3.63, 3.8) is 0 Å². The number of benzene rings is 2. The molecule has 0 saturated carbocycles. The number of amides is 1. The zero-order chi connectivity index (χ0) is 28.4. The van der Waals surface area contributed by atoms with Gasteiger partial charge in [0.1, 0.15) is 23.8 Å². The van der Waals surface area contributed by atoms with Crippen LogP contribution in [0.5, 0.6) is 17.2 Å². The Morgan fingerprint density at radius 2 is 1.97 bits per heavy atom. The van der Waals surface area contributed by atoms with E-state index in [0.717, 1.165) is 24.8 Å². The van der Waals surface area contributed by atoms with E-state index in [-0.39, 0.29) is 30.6 Å². The van der Waals surface area contributed by atoms with Crippen LogP contribution in [0.3, 0.4) is 0 Å². The molecule has 2 aromatic rings. The van der Waals surface area contributed by atoms with E-state index in [1.165, 1.54) is 17.0 Å². The number of halogens is 2. The molecule has 2 heterocycles. The number of hydrogen-bond acceptors (Lipinski definition) is 6. The van der Waals surface area contributed by atoms with Crippen molar-refractivity contribution in [2.24, 2.45) is 0 Å². The summed E-state index contributed by atoms with van der Waals surface area (Å²) >= 11 is 3.15. The minimum Gasteiger partial charge on any atom is -0.487 e. The minimum absolute atomic E-state index is 0.0484. The Morgan fingerprint density at radius 1 is 1.21 bits per heavy atom. The summed E-state index contributed by atoms with van der Waals surface area (Å²) in [6.45, 7) is 8.28. The molecule has 0 aliphatic carbocycles. The van der Waals surface area contributed by atoms with Crippen molar-refractivity contribution in [1.82, 2.24) is 4.90 Å². The maximum Gasteiger partial charge on any atom is 0.411 e. The molecule has 1 saturated heterocycles. The lowest BCUT2D eigenvalue weighted by Crippen LogP contribution is -2.54. The predicted molar refractivity (Wildman–Crippen MR) is 146 cm³/mol. The lowest BCUT2D eigenvalue weighted by molar-refractivity contribution is -0.140. The van der Waals surface area contributed by atoms with Gasteiger partial charge in [0.15, 0.2) is 11.5 Å². The molecule has 4 rings (SSSR count). The van der Waals surface area contributed by atoms with E-state index in [2.05, 4.69) is 15.9 Å². The summed E-state index contributed by atoms with van der Waals surface area (Å²) in [6, 6.07) is 7.93. The third kappa shape index (κ3) is 7.03. The molecule has 10 heteroatoms. The fourth-order valence-corrected chi connectivity index (χ4v) is 5.26. The Morgan fingerprint density at radius 3 is 2.62 bits per heavy atom. The first-order valence-electron chi connectivity index (χ1n) is 13.1. The molecule has 2 atom stereocenters. The van der Waals surface area contributed by atoms with E-state index in [1.807, 2.05) is 6.07 Å². The second-order valence-corrected chi connectivity index (χ2v) is 12.0. The lowest BCUT2D eigenvalue weighted by atomic mass is 9.79. The highest BCUT2D eigenvalue weighted by molar-refractivity contribution is 9.10. The number of rotatable bonds is 7. The molecule has 2 aliphatic heterocycles. The smallest absolute Gasteiger partial charge is 0.411 e. The summed E-state index contributed by atoms with van der Waals surface area (Å²) in [4.78, 5) is 26.7. The van der Waals surface area contributed by atoms with Gasteiger partial charge in [0.2, 0.25) is 0 Å². The third-order valence-corrected chi connectivity index (χ3v) is 7.52. The Labute approximate surface area is 236 Å². The predicted octanol–water partition coefficient (Wildman–Crippen LogP) is 6.81. The van der Waals surface area contributed by atoms with Crippen LogP contribution < -0.4 is 9.47 Å². The quantitative estimate of drug-likeness (QED) is 0.369. The van der Waals surface area contributed by atoms with Crippen molar-refractivity contribution in [3.8, 4) is 17.2 Å². The van der Waals surface area contributed by atoms with Crippen LogP contribution in [0.1, 0.15) is 64.5 Å². The second-order valence-electron chi connectivity index (χ2n) is 11.2. The Bertz CT molecular complexity index is 1220. The van der Waals surface area contributed by atoms with Crippen LogP contribution >= 0.6 is 15.9 Å². The third-order valence-electron chi connectivity index (χ3n) is 6.88. The highest BCUT2D eigenvalue weighted by Crippen LogP contribution is 2.45. The van der Waals surface area contributed by atoms with E-state index >= 15 is 0 Å². The maximum absolute atomic E-state index is 14.3. The molecular formula is C29H35BrFNO7. The molecule has 1 amide bonds. The molecule has 0 spiro atoms. The first kappa shape index (κ1) is 29.1. The molecule has 0 radical (unpaired) electrons. The second kappa shape index (κ2) is 11.7. The van der Waals surface area contributed by atoms with Crippen molar-refractivity contribution >= 4 is 28.0 Å². The highest BCUT2D eigenvalue weighted by Gasteiger charge is 2.45. The fraction of sp³-hybridized carbons (Fsp3) is 0.517. The summed E-state index contributed by atoms with van der Waals surface area (Å²) in [5.74, 6) is -0.584. The summed E-state index contributed by atoms with van der Waals surface area (Å²) < 4.78 is 38.3. The zero-order valence-corrected chi connectivity index (χ0v) is 24.3. The van der Waals surface area contributed by atoms with Crippen LogP contribution in [-0.4, -0.2) is 53.5 Å². The number of hydrogen-bond donors (Lipinski definition) is 1. The van der Waals surface area contributed by atoms with Crippen LogP contribution in [0.15, 0.2) is 34.8 Å². The minimum atomic E-state index is -1.23. The van der Waals surface area contributed by atoms with Crippen molar-refractivity contribution in [3.05, 3.63) is 51.7 Å². The van der Waals surface area contributed by atoms with Crippen molar-refractivity contribution in [2.75, 3.05) is 19.8 Å². The molecular weight excluding hydrogens is 573 g/mol. The van der Waals surface area contributed by atoms with E-state index in [1.54, 1.807) is 39.8 Å². The number of carbonyl (C=O) groups excluding carboxylic acids is 1. The number of carboxylic acid groups (broad SMARTS) is 1. The Balaban J connectivity index is 1.75. The van der Waals surface area contributed by atoms with E-state index in [4.69, 9.17) is 18.9 Å². The van der Waals surface area contributed by atoms with Crippen molar-refractivity contribution in [2.45, 2.75) is 77.0 Å². The molecule has 0 bridgehead atoms. The van der Waals surface area contributed by atoms with Gasteiger partial charge in [0.05, 0.1) is 22.5 Å². The Hall–Kier alpha value is -2.85. The number of fused-ring (bicyclic) bond motifs is 1. The van der Waals surface area contributed by atoms with Crippen molar-refractivity contribution in [1.29, 1.82) is 0 Å². The van der Waals surface area contributed by atoms with Crippen LogP contribution in [-0.2, 0) is 26.2 Å². The SMILES string of the molecule is CC(C)(C)OC(=O)N1CCc2cc(OCC3CCCCO3)c(Oc3ccc(Br)c(F)c3)cc2[C@@]1(C)CC(=O)O. The van der Waals surface area contributed by atoms with Gasteiger partial charge in [-0.15, -0.1) is 0 Å². The number of nitrogens with zero attached hydrogens (tertiary/aromatic N) is 1.